The minimum atomic E-state index is -0.155. The summed E-state index contributed by atoms with van der Waals surface area (Å²) in [5, 5.41) is 6.81. The van der Waals surface area contributed by atoms with Crippen LogP contribution < -0.4 is 15.4 Å². The highest BCUT2D eigenvalue weighted by atomic mass is 16.5. The van der Waals surface area contributed by atoms with Gasteiger partial charge in [0, 0.05) is 25.0 Å². The molecule has 2 amide bonds. The van der Waals surface area contributed by atoms with Crippen molar-refractivity contribution in [2.24, 2.45) is 0 Å². The van der Waals surface area contributed by atoms with Crippen molar-refractivity contribution in [1.82, 2.24) is 9.47 Å². The van der Waals surface area contributed by atoms with Gasteiger partial charge in [-0.1, -0.05) is 24.3 Å². The molecule has 2 aliphatic rings. The van der Waals surface area contributed by atoms with Gasteiger partial charge in [0.1, 0.15) is 5.75 Å². The van der Waals surface area contributed by atoms with Gasteiger partial charge in [0.25, 0.3) is 0 Å². The van der Waals surface area contributed by atoms with Gasteiger partial charge in [0.2, 0.25) is 0 Å². The summed E-state index contributed by atoms with van der Waals surface area (Å²) < 4.78 is 7.91. The number of nitrogens with zero attached hydrogens (tertiary/aromatic N) is 2. The zero-order valence-electron chi connectivity index (χ0n) is 17.1. The topological polar surface area (TPSA) is 58.5 Å². The fraction of sp³-hybridized carbons (Fsp3) is 0.292. The first kappa shape index (κ1) is 18.6. The fourth-order valence-corrected chi connectivity index (χ4v) is 4.61. The van der Waals surface area contributed by atoms with E-state index in [1.54, 1.807) is 0 Å². The molecule has 0 saturated carbocycles. The van der Waals surface area contributed by atoms with Crippen molar-refractivity contribution in [3.8, 4) is 11.4 Å². The number of hydrogen-bond acceptors (Lipinski definition) is 3. The summed E-state index contributed by atoms with van der Waals surface area (Å²) >= 11 is 0. The molecular formula is C24H26N4O2. The lowest BCUT2D eigenvalue weighted by molar-refractivity contribution is 0.174. The summed E-state index contributed by atoms with van der Waals surface area (Å²) in [7, 11) is 0. The molecule has 30 heavy (non-hydrogen) atoms. The predicted octanol–water partition coefficient (Wildman–Crippen LogP) is 4.82. The maximum Gasteiger partial charge on any atom is 0.321 e. The summed E-state index contributed by atoms with van der Waals surface area (Å²) in [6, 6.07) is 20.2. The molecule has 6 nitrogen and oxygen atoms in total. The van der Waals surface area contributed by atoms with Gasteiger partial charge in [-0.2, -0.15) is 0 Å². The number of hydrogen-bond donors (Lipinski definition) is 2. The highest BCUT2D eigenvalue weighted by Gasteiger charge is 2.42. The van der Waals surface area contributed by atoms with Gasteiger partial charge >= 0.3 is 6.03 Å². The Labute approximate surface area is 176 Å². The maximum atomic E-state index is 12.9. The molecule has 1 saturated heterocycles. The summed E-state index contributed by atoms with van der Waals surface area (Å²) in [6.45, 7) is 3.87. The lowest BCUT2D eigenvalue weighted by atomic mass is 9.82. The Balaban J connectivity index is 1.32. The lowest BCUT2D eigenvalue weighted by Gasteiger charge is -2.46. The Morgan fingerprint density at radius 1 is 1.07 bits per heavy atom. The SMILES string of the molecule is CCOc1ccccc1NC(=O)N1CCC2(CC1)Nc1ccccc1-n1cccc12. The third-order valence-corrected chi connectivity index (χ3v) is 6.11. The number of para-hydroxylation sites is 4. The van der Waals surface area contributed by atoms with E-state index >= 15 is 0 Å². The molecule has 0 radical (unpaired) electrons. The first-order valence-electron chi connectivity index (χ1n) is 10.5. The molecule has 0 unspecified atom stereocenters. The Morgan fingerprint density at radius 2 is 1.83 bits per heavy atom. The minimum Gasteiger partial charge on any atom is -0.492 e. The number of likely N-dealkylation sites (tertiary alicyclic amines) is 1. The van der Waals surface area contributed by atoms with Crippen LogP contribution in [0.1, 0.15) is 25.5 Å². The van der Waals surface area contributed by atoms with Crippen molar-refractivity contribution < 1.29 is 9.53 Å². The first-order valence-corrected chi connectivity index (χ1v) is 10.5. The number of benzene rings is 2. The average Bonchev–Trinajstić information content (AvgIpc) is 3.27. The lowest BCUT2D eigenvalue weighted by Crippen LogP contribution is -2.51. The molecule has 2 aliphatic heterocycles. The third kappa shape index (κ3) is 3.09. The van der Waals surface area contributed by atoms with E-state index in [4.69, 9.17) is 4.74 Å². The number of fused-ring (bicyclic) bond motifs is 4. The summed E-state index contributed by atoms with van der Waals surface area (Å²) in [4.78, 5) is 14.8. The monoisotopic (exact) mass is 402 g/mol. The number of aromatic nitrogens is 1. The zero-order chi connectivity index (χ0) is 20.6. The molecule has 3 aromatic rings. The number of anilines is 2. The zero-order valence-corrected chi connectivity index (χ0v) is 17.1. The second-order valence-electron chi connectivity index (χ2n) is 7.83. The minimum absolute atomic E-state index is 0.0800. The molecule has 0 aliphatic carbocycles. The molecule has 0 atom stereocenters. The maximum absolute atomic E-state index is 12.9. The number of carbonyl (C=O) groups is 1. The van der Waals surface area contributed by atoms with Crippen molar-refractivity contribution in [1.29, 1.82) is 0 Å². The first-order chi connectivity index (χ1) is 14.7. The van der Waals surface area contributed by atoms with Gasteiger partial charge in [-0.3, -0.25) is 0 Å². The summed E-state index contributed by atoms with van der Waals surface area (Å²) in [5.41, 5.74) is 4.14. The number of ether oxygens (including phenoxy) is 1. The average molecular weight is 402 g/mol. The van der Waals surface area contributed by atoms with Crippen molar-refractivity contribution in [3.63, 3.8) is 0 Å². The number of rotatable bonds is 3. The molecule has 5 rings (SSSR count). The number of piperidine rings is 1. The molecule has 154 valence electrons. The van der Waals surface area contributed by atoms with Gasteiger partial charge in [0.15, 0.2) is 0 Å². The fourth-order valence-electron chi connectivity index (χ4n) is 4.61. The molecule has 2 aromatic carbocycles. The van der Waals surface area contributed by atoms with Gasteiger partial charge in [0.05, 0.1) is 29.2 Å². The van der Waals surface area contributed by atoms with Gasteiger partial charge in [-0.15, -0.1) is 0 Å². The molecular weight excluding hydrogens is 376 g/mol. The Bertz CT molecular complexity index is 1070. The standard InChI is InChI=1S/C24H26N4O2/c1-2-30-21-11-6-4-9-19(21)25-23(29)27-16-13-24(14-17-27)22-12-7-15-28(22)20-10-5-3-8-18(20)26-24/h3-12,15,26H,2,13-14,16-17H2,1H3,(H,25,29). The van der Waals surface area contributed by atoms with Gasteiger partial charge < -0.3 is 24.8 Å². The Morgan fingerprint density at radius 3 is 2.67 bits per heavy atom. The van der Waals surface area contributed by atoms with Crippen LogP contribution in [0.15, 0.2) is 66.9 Å². The van der Waals surface area contributed by atoms with Gasteiger partial charge in [-0.25, -0.2) is 4.79 Å². The van der Waals surface area contributed by atoms with Gasteiger partial charge in [-0.05, 0) is 56.2 Å². The highest BCUT2D eigenvalue weighted by molar-refractivity contribution is 5.91. The van der Waals surface area contributed by atoms with Crippen molar-refractivity contribution in [3.05, 3.63) is 72.6 Å². The number of urea groups is 1. The van der Waals surface area contributed by atoms with Crippen LogP contribution in [0, 0.1) is 0 Å². The summed E-state index contributed by atoms with van der Waals surface area (Å²) in [5.74, 6) is 0.699. The molecule has 1 aromatic heterocycles. The van der Waals surface area contributed by atoms with Crippen LogP contribution in [-0.4, -0.2) is 35.2 Å². The smallest absolute Gasteiger partial charge is 0.321 e. The molecule has 0 bridgehead atoms. The third-order valence-electron chi connectivity index (χ3n) is 6.11. The Kier molecular flexibility index (Phi) is 4.62. The predicted molar refractivity (Wildman–Crippen MR) is 119 cm³/mol. The van der Waals surface area contributed by atoms with Crippen LogP contribution >= 0.6 is 0 Å². The molecule has 1 fully saturated rings. The van der Waals surface area contributed by atoms with Crippen LogP contribution in [0.4, 0.5) is 16.2 Å². The normalized spacial score (nSPS) is 16.4. The van der Waals surface area contributed by atoms with Crippen molar-refractivity contribution in [2.75, 3.05) is 30.3 Å². The van der Waals surface area contributed by atoms with Crippen LogP contribution in [0.2, 0.25) is 0 Å². The van der Waals surface area contributed by atoms with E-state index in [-0.39, 0.29) is 11.6 Å². The van der Waals surface area contributed by atoms with E-state index in [0.717, 1.165) is 18.5 Å². The Hall–Kier alpha value is -3.41. The van der Waals surface area contributed by atoms with Crippen molar-refractivity contribution in [2.45, 2.75) is 25.3 Å². The number of amides is 2. The second-order valence-corrected chi connectivity index (χ2v) is 7.83. The van der Waals surface area contributed by atoms with Crippen LogP contribution in [0.3, 0.4) is 0 Å². The van der Waals surface area contributed by atoms with Crippen LogP contribution in [0.5, 0.6) is 5.75 Å². The van der Waals surface area contributed by atoms with E-state index in [1.165, 1.54) is 11.4 Å². The van der Waals surface area contributed by atoms with Crippen LogP contribution in [-0.2, 0) is 5.54 Å². The molecule has 2 N–H and O–H groups in total. The van der Waals surface area contributed by atoms with E-state index in [1.807, 2.05) is 36.1 Å². The van der Waals surface area contributed by atoms with E-state index in [2.05, 4.69) is 57.8 Å². The quantitative estimate of drug-likeness (QED) is 0.660. The molecule has 3 heterocycles. The summed E-state index contributed by atoms with van der Waals surface area (Å²) in [6.07, 6.45) is 3.83. The second kappa shape index (κ2) is 7.44. The molecule has 1 spiro atoms. The van der Waals surface area contributed by atoms with E-state index < -0.39 is 0 Å². The largest absolute Gasteiger partial charge is 0.492 e. The van der Waals surface area contributed by atoms with E-state index in [9.17, 15) is 4.79 Å². The van der Waals surface area contributed by atoms with Crippen LogP contribution in [0.25, 0.3) is 5.69 Å². The number of carbonyl (C=O) groups excluding carboxylic acids is 1. The highest BCUT2D eigenvalue weighted by Crippen LogP contribution is 2.43. The van der Waals surface area contributed by atoms with E-state index in [0.29, 0.717) is 31.1 Å². The van der Waals surface area contributed by atoms with Crippen molar-refractivity contribution >= 4 is 17.4 Å². The molecule has 6 heteroatoms. The number of nitrogens with one attached hydrogen (secondary N) is 2.